The number of furan rings is 1. The molecule has 0 radical (unpaired) electrons. The summed E-state index contributed by atoms with van der Waals surface area (Å²) < 4.78 is 5.68. The molecule has 0 spiro atoms. The molecule has 40 heavy (non-hydrogen) atoms. The van der Waals surface area contributed by atoms with E-state index in [1.165, 1.54) is 24.4 Å². The van der Waals surface area contributed by atoms with Gasteiger partial charge in [-0.05, 0) is 48.0 Å². The van der Waals surface area contributed by atoms with Crippen LogP contribution < -0.4 is 15.6 Å². The predicted molar refractivity (Wildman–Crippen MR) is 154 cm³/mol. The summed E-state index contributed by atoms with van der Waals surface area (Å²) in [5.41, 5.74) is 4.63. The molecule has 0 aliphatic carbocycles. The Labute approximate surface area is 234 Å². The lowest BCUT2D eigenvalue weighted by atomic mass is 10.1. The van der Waals surface area contributed by atoms with E-state index in [0.717, 1.165) is 5.69 Å². The largest absolute Gasteiger partial charge is 0.455 e. The zero-order valence-electron chi connectivity index (χ0n) is 21.5. The molecule has 3 aromatic carbocycles. The van der Waals surface area contributed by atoms with Crippen LogP contribution in [0.5, 0.6) is 0 Å². The minimum atomic E-state index is -0.682. The topological polar surface area (TPSA) is 130 Å². The SMILES string of the molecule is CN(C)c1ccc(C=C(NC(=O)c2ccccc2Cl)C(=O)NN=Cc2ccc(-c3cccc([N+](=O)[O-])c3)o2)cc1. The van der Waals surface area contributed by atoms with E-state index in [4.69, 9.17) is 16.0 Å². The molecule has 0 fully saturated rings. The molecule has 202 valence electrons. The van der Waals surface area contributed by atoms with Crippen LogP contribution in [-0.4, -0.2) is 37.0 Å². The molecule has 0 saturated carbocycles. The Hall–Kier alpha value is -5.22. The fourth-order valence-corrected chi connectivity index (χ4v) is 3.82. The van der Waals surface area contributed by atoms with Gasteiger partial charge in [0.2, 0.25) is 0 Å². The van der Waals surface area contributed by atoms with Crippen LogP contribution in [0.4, 0.5) is 11.4 Å². The normalized spacial score (nSPS) is 11.3. The average molecular weight is 558 g/mol. The molecular weight excluding hydrogens is 534 g/mol. The minimum Gasteiger partial charge on any atom is -0.455 e. The second-order valence-electron chi connectivity index (χ2n) is 8.69. The summed E-state index contributed by atoms with van der Waals surface area (Å²) in [6.07, 6.45) is 2.80. The van der Waals surface area contributed by atoms with Crippen LogP contribution in [0.2, 0.25) is 5.02 Å². The molecule has 10 nitrogen and oxygen atoms in total. The molecule has 2 amide bonds. The smallest absolute Gasteiger partial charge is 0.287 e. The number of hydrogen-bond donors (Lipinski definition) is 2. The van der Waals surface area contributed by atoms with E-state index < -0.39 is 16.7 Å². The summed E-state index contributed by atoms with van der Waals surface area (Å²) in [5.74, 6) is -0.552. The third-order valence-electron chi connectivity index (χ3n) is 5.66. The first-order valence-corrected chi connectivity index (χ1v) is 12.3. The Morgan fingerprint density at radius 1 is 1.00 bits per heavy atom. The molecule has 0 unspecified atom stereocenters. The third kappa shape index (κ3) is 7.00. The highest BCUT2D eigenvalue weighted by Crippen LogP contribution is 2.25. The van der Waals surface area contributed by atoms with Crippen LogP contribution in [0.1, 0.15) is 21.7 Å². The zero-order valence-corrected chi connectivity index (χ0v) is 22.3. The van der Waals surface area contributed by atoms with E-state index in [2.05, 4.69) is 15.8 Å². The Bertz CT molecular complexity index is 1610. The maximum absolute atomic E-state index is 13.0. The monoisotopic (exact) mass is 557 g/mol. The fraction of sp³-hybridized carbons (Fsp3) is 0.0690. The highest BCUT2D eigenvalue weighted by molar-refractivity contribution is 6.34. The first-order chi connectivity index (χ1) is 19.2. The quantitative estimate of drug-likeness (QED) is 0.121. The predicted octanol–water partition coefficient (Wildman–Crippen LogP) is 5.50. The van der Waals surface area contributed by atoms with Crippen molar-refractivity contribution in [2.75, 3.05) is 19.0 Å². The number of nitro benzene ring substituents is 1. The van der Waals surface area contributed by atoms with Crippen molar-refractivity contribution in [1.29, 1.82) is 0 Å². The molecule has 0 aliphatic heterocycles. The Kier molecular flexibility index (Phi) is 8.72. The van der Waals surface area contributed by atoms with Gasteiger partial charge in [-0.3, -0.25) is 19.7 Å². The maximum Gasteiger partial charge on any atom is 0.287 e. The van der Waals surface area contributed by atoms with Gasteiger partial charge >= 0.3 is 0 Å². The van der Waals surface area contributed by atoms with Crippen LogP contribution >= 0.6 is 11.6 Å². The van der Waals surface area contributed by atoms with Crippen molar-refractivity contribution in [2.24, 2.45) is 5.10 Å². The summed E-state index contributed by atoms with van der Waals surface area (Å²) in [7, 11) is 3.83. The number of nitro groups is 1. The van der Waals surface area contributed by atoms with Crippen molar-refractivity contribution in [1.82, 2.24) is 10.7 Å². The number of nitrogens with zero attached hydrogens (tertiary/aromatic N) is 3. The lowest BCUT2D eigenvalue weighted by molar-refractivity contribution is -0.384. The van der Waals surface area contributed by atoms with Gasteiger partial charge in [-0.25, -0.2) is 5.43 Å². The van der Waals surface area contributed by atoms with Crippen LogP contribution in [0.3, 0.4) is 0 Å². The number of carbonyl (C=O) groups is 2. The molecule has 2 N–H and O–H groups in total. The standard InChI is InChI=1S/C29H24ClN5O5/c1-34(2)21-12-10-19(11-13-21)16-26(32-28(36)24-8-3-4-9-25(24)30)29(37)33-31-18-23-14-15-27(40-23)20-6-5-7-22(17-20)35(38)39/h3-18H,1-2H3,(H,32,36)(H,33,37). The Balaban J connectivity index is 1.52. The molecule has 0 bridgehead atoms. The number of hydrazone groups is 1. The lowest BCUT2D eigenvalue weighted by Gasteiger charge is -2.13. The highest BCUT2D eigenvalue weighted by atomic mass is 35.5. The van der Waals surface area contributed by atoms with Crippen molar-refractivity contribution in [2.45, 2.75) is 0 Å². The maximum atomic E-state index is 13.0. The number of halogens is 1. The van der Waals surface area contributed by atoms with Crippen molar-refractivity contribution >= 4 is 47.1 Å². The lowest BCUT2D eigenvalue weighted by Crippen LogP contribution is -2.33. The number of amides is 2. The second kappa shape index (κ2) is 12.5. The van der Waals surface area contributed by atoms with Crippen molar-refractivity contribution in [3.05, 3.63) is 123 Å². The fourth-order valence-electron chi connectivity index (χ4n) is 3.59. The van der Waals surface area contributed by atoms with E-state index in [9.17, 15) is 19.7 Å². The summed E-state index contributed by atoms with van der Waals surface area (Å²) in [5, 5.41) is 17.8. The Morgan fingerprint density at radius 3 is 2.45 bits per heavy atom. The minimum absolute atomic E-state index is 0.0589. The van der Waals surface area contributed by atoms with Gasteiger partial charge in [-0.15, -0.1) is 0 Å². The number of nitrogens with one attached hydrogen (secondary N) is 2. The number of carbonyl (C=O) groups excluding carboxylic acids is 2. The number of benzene rings is 3. The number of anilines is 1. The van der Waals surface area contributed by atoms with Gasteiger partial charge < -0.3 is 14.6 Å². The molecular formula is C29H24ClN5O5. The molecule has 1 aromatic heterocycles. The highest BCUT2D eigenvalue weighted by Gasteiger charge is 2.17. The van der Waals surface area contributed by atoms with Crippen LogP contribution in [-0.2, 0) is 4.79 Å². The first kappa shape index (κ1) is 27.8. The summed E-state index contributed by atoms with van der Waals surface area (Å²) >= 11 is 6.16. The molecule has 0 aliphatic rings. The molecule has 0 atom stereocenters. The van der Waals surface area contributed by atoms with Gasteiger partial charge in [0.15, 0.2) is 0 Å². The van der Waals surface area contributed by atoms with Gasteiger partial charge in [0, 0.05) is 37.5 Å². The van der Waals surface area contributed by atoms with Gasteiger partial charge in [0.05, 0.1) is 21.7 Å². The average Bonchev–Trinajstić information content (AvgIpc) is 3.42. The van der Waals surface area contributed by atoms with Gasteiger partial charge in [0.25, 0.3) is 17.5 Å². The van der Waals surface area contributed by atoms with Crippen LogP contribution in [0.25, 0.3) is 17.4 Å². The van der Waals surface area contributed by atoms with Crippen molar-refractivity contribution < 1.29 is 18.9 Å². The van der Waals surface area contributed by atoms with Gasteiger partial charge in [0.1, 0.15) is 17.2 Å². The van der Waals surface area contributed by atoms with Crippen molar-refractivity contribution in [3.63, 3.8) is 0 Å². The zero-order chi connectivity index (χ0) is 28.6. The van der Waals surface area contributed by atoms with Gasteiger partial charge in [-0.1, -0.05) is 48.0 Å². The summed E-state index contributed by atoms with van der Waals surface area (Å²) in [6.45, 7) is 0. The van der Waals surface area contributed by atoms with E-state index in [0.29, 0.717) is 22.6 Å². The summed E-state index contributed by atoms with van der Waals surface area (Å²) in [4.78, 5) is 38.4. The molecule has 4 aromatic rings. The van der Waals surface area contributed by atoms with E-state index in [1.807, 2.05) is 43.3 Å². The number of non-ortho nitro benzene ring substituents is 1. The second-order valence-corrected chi connectivity index (χ2v) is 9.09. The number of rotatable bonds is 9. The summed E-state index contributed by atoms with van der Waals surface area (Å²) in [6, 6.07) is 23.1. The van der Waals surface area contributed by atoms with Crippen molar-refractivity contribution in [3.8, 4) is 11.3 Å². The van der Waals surface area contributed by atoms with Crippen LogP contribution in [0, 0.1) is 10.1 Å². The van der Waals surface area contributed by atoms with E-state index in [-0.39, 0.29) is 22.0 Å². The third-order valence-corrected chi connectivity index (χ3v) is 5.99. The van der Waals surface area contributed by atoms with E-state index >= 15 is 0 Å². The Morgan fingerprint density at radius 2 is 1.75 bits per heavy atom. The first-order valence-electron chi connectivity index (χ1n) is 11.9. The molecule has 1 heterocycles. The van der Waals surface area contributed by atoms with E-state index in [1.54, 1.807) is 48.5 Å². The molecule has 11 heteroatoms. The van der Waals surface area contributed by atoms with Gasteiger partial charge in [-0.2, -0.15) is 5.10 Å². The molecule has 0 saturated heterocycles. The number of hydrogen-bond acceptors (Lipinski definition) is 7. The molecule has 4 rings (SSSR count). The van der Waals surface area contributed by atoms with Crippen LogP contribution in [0.15, 0.2) is 100 Å².